The normalized spacial score (nSPS) is 16.1. The summed E-state index contributed by atoms with van der Waals surface area (Å²) in [6.07, 6.45) is 3.62. The first-order valence-corrected chi connectivity index (χ1v) is 12.1. The van der Waals surface area contributed by atoms with Crippen molar-refractivity contribution in [2.75, 3.05) is 26.2 Å². The Hall–Kier alpha value is -3.37. The first kappa shape index (κ1) is 24.7. The summed E-state index contributed by atoms with van der Waals surface area (Å²) in [5, 5.41) is 6.29. The van der Waals surface area contributed by atoms with Crippen LogP contribution < -0.4 is 16.4 Å². The number of nitrogens with zero attached hydrogens (tertiary/aromatic N) is 6. The second-order valence-corrected chi connectivity index (χ2v) is 9.00. The van der Waals surface area contributed by atoms with Gasteiger partial charge in [0.25, 0.3) is 0 Å². The predicted molar refractivity (Wildman–Crippen MR) is 138 cm³/mol. The maximum absolute atomic E-state index is 15.0. The van der Waals surface area contributed by atoms with Crippen molar-refractivity contribution in [2.45, 2.75) is 46.7 Å². The topological polar surface area (TPSA) is 109 Å². The molecular formula is C25H34FN9. The molecule has 1 aliphatic rings. The van der Waals surface area contributed by atoms with Crippen LogP contribution in [0.1, 0.15) is 50.2 Å². The zero-order valence-electron chi connectivity index (χ0n) is 20.8. The number of halogens is 1. The minimum absolute atomic E-state index is 0.0552. The first-order valence-electron chi connectivity index (χ1n) is 12.1. The van der Waals surface area contributed by atoms with Gasteiger partial charge in [0.15, 0.2) is 17.4 Å². The number of fused-ring (bicyclic) bond motifs is 1. The molecule has 0 saturated carbocycles. The zero-order chi connectivity index (χ0) is 24.9. The largest absolute Gasteiger partial charge is 0.369 e. The van der Waals surface area contributed by atoms with Crippen molar-refractivity contribution in [2.24, 2.45) is 10.7 Å². The Bertz CT molecular complexity index is 1220. The lowest BCUT2D eigenvalue weighted by Crippen LogP contribution is -2.42. The molecule has 1 aliphatic heterocycles. The zero-order valence-corrected chi connectivity index (χ0v) is 20.8. The van der Waals surface area contributed by atoms with E-state index in [9.17, 15) is 4.39 Å². The standard InChI is InChI=1S/C25H34FN9/c1-5-20(26)23(19-12-21-24(30-14-19)31-17(4)35(21)16(2)3)33-25(27)32-22-7-6-18(13-29-22)15-34-10-8-28-9-11-34/h6-7,12-14,16,28H,5,8-11,15H2,1-4H3,(H3,27,29,32,33)/b23-20+. The van der Waals surface area contributed by atoms with E-state index in [-0.39, 0.29) is 29.9 Å². The van der Waals surface area contributed by atoms with Crippen LogP contribution in [0.2, 0.25) is 0 Å². The van der Waals surface area contributed by atoms with E-state index in [1.165, 1.54) is 0 Å². The summed E-state index contributed by atoms with van der Waals surface area (Å²) in [6, 6.07) is 5.90. The van der Waals surface area contributed by atoms with Crippen LogP contribution in [-0.4, -0.2) is 56.6 Å². The number of allylic oxidation sites excluding steroid dienone is 1. The van der Waals surface area contributed by atoms with Crippen molar-refractivity contribution < 1.29 is 4.39 Å². The van der Waals surface area contributed by atoms with Gasteiger partial charge in [-0.1, -0.05) is 13.0 Å². The molecule has 0 atom stereocenters. The van der Waals surface area contributed by atoms with Crippen LogP contribution in [0.15, 0.2) is 41.4 Å². The van der Waals surface area contributed by atoms with Gasteiger partial charge in [-0.15, -0.1) is 0 Å². The van der Waals surface area contributed by atoms with Crippen LogP contribution in [0.4, 0.5) is 10.2 Å². The van der Waals surface area contributed by atoms with Crippen LogP contribution in [0.25, 0.3) is 16.9 Å². The number of rotatable bonds is 7. The van der Waals surface area contributed by atoms with Crippen molar-refractivity contribution in [1.29, 1.82) is 0 Å². The number of hydrogen-bond acceptors (Lipinski definition) is 6. The number of piperazine rings is 1. The molecule has 1 fully saturated rings. The number of nitrogens with two attached hydrogens (primary N) is 1. The summed E-state index contributed by atoms with van der Waals surface area (Å²) in [7, 11) is 0. The fourth-order valence-corrected chi connectivity index (χ4v) is 4.34. The number of imidazole rings is 1. The molecule has 3 aromatic heterocycles. The molecule has 0 spiro atoms. The molecule has 0 bridgehead atoms. The molecule has 9 nitrogen and oxygen atoms in total. The fourth-order valence-electron chi connectivity index (χ4n) is 4.34. The van der Waals surface area contributed by atoms with Crippen LogP contribution in [-0.2, 0) is 6.54 Å². The van der Waals surface area contributed by atoms with Crippen molar-refractivity contribution in [3.05, 3.63) is 53.4 Å². The monoisotopic (exact) mass is 479 g/mol. The highest BCUT2D eigenvalue weighted by Gasteiger charge is 2.16. The number of aryl methyl sites for hydroxylation is 1. The van der Waals surface area contributed by atoms with Gasteiger partial charge in [-0.05, 0) is 44.9 Å². The average molecular weight is 480 g/mol. The molecule has 0 aromatic carbocycles. The SMILES string of the molecule is CC/C(F)=C(\NC(N)=Nc1ccc(CN2CCNCC2)cn1)c1cnc2nc(C)n(C(C)C)c2c1. The summed E-state index contributed by atoms with van der Waals surface area (Å²) < 4.78 is 17.0. The predicted octanol–water partition coefficient (Wildman–Crippen LogP) is 3.40. The van der Waals surface area contributed by atoms with E-state index in [1.54, 1.807) is 13.1 Å². The summed E-state index contributed by atoms with van der Waals surface area (Å²) >= 11 is 0. The molecule has 4 rings (SSSR count). The van der Waals surface area contributed by atoms with E-state index < -0.39 is 0 Å². The summed E-state index contributed by atoms with van der Waals surface area (Å²) in [6.45, 7) is 12.7. The highest BCUT2D eigenvalue weighted by atomic mass is 19.1. The van der Waals surface area contributed by atoms with Gasteiger partial charge in [0.05, 0.1) is 11.2 Å². The number of nitrogens with one attached hydrogen (secondary N) is 2. The van der Waals surface area contributed by atoms with E-state index in [2.05, 4.69) is 53.9 Å². The number of aliphatic imine (C=N–C) groups is 1. The lowest BCUT2D eigenvalue weighted by molar-refractivity contribution is 0.233. The fraction of sp³-hybridized carbons (Fsp3) is 0.440. The third kappa shape index (κ3) is 5.83. The molecule has 0 aliphatic carbocycles. The third-order valence-corrected chi connectivity index (χ3v) is 6.02. The number of pyridine rings is 2. The van der Waals surface area contributed by atoms with Gasteiger partial charge in [-0.3, -0.25) is 4.90 Å². The highest BCUT2D eigenvalue weighted by Crippen LogP contribution is 2.25. The molecule has 0 amide bonds. The maximum atomic E-state index is 15.0. The Balaban J connectivity index is 1.54. The number of hydrogen-bond donors (Lipinski definition) is 3. The van der Waals surface area contributed by atoms with E-state index in [0.717, 1.165) is 49.6 Å². The minimum Gasteiger partial charge on any atom is -0.369 e. The molecule has 10 heteroatoms. The lowest BCUT2D eigenvalue weighted by atomic mass is 10.1. The number of aromatic nitrogens is 4. The second kappa shape index (κ2) is 10.9. The summed E-state index contributed by atoms with van der Waals surface area (Å²) in [5.74, 6) is 1.04. The van der Waals surface area contributed by atoms with Gasteiger partial charge >= 0.3 is 0 Å². The van der Waals surface area contributed by atoms with Gasteiger partial charge in [0.2, 0.25) is 0 Å². The smallest absolute Gasteiger partial charge is 0.199 e. The highest BCUT2D eigenvalue weighted by molar-refractivity contribution is 5.91. The molecule has 0 radical (unpaired) electrons. The lowest BCUT2D eigenvalue weighted by Gasteiger charge is -2.26. The van der Waals surface area contributed by atoms with Crippen molar-refractivity contribution in [3.63, 3.8) is 0 Å². The van der Waals surface area contributed by atoms with Gasteiger partial charge in [-0.25, -0.2) is 19.3 Å². The van der Waals surface area contributed by atoms with Gasteiger partial charge in [0.1, 0.15) is 11.7 Å². The van der Waals surface area contributed by atoms with Gasteiger partial charge < -0.3 is 20.9 Å². The van der Waals surface area contributed by atoms with E-state index >= 15 is 0 Å². The van der Waals surface area contributed by atoms with Crippen LogP contribution >= 0.6 is 0 Å². The molecule has 186 valence electrons. The molecule has 0 unspecified atom stereocenters. The molecule has 35 heavy (non-hydrogen) atoms. The molecule has 3 aromatic rings. The van der Waals surface area contributed by atoms with Crippen LogP contribution in [0.3, 0.4) is 0 Å². The van der Waals surface area contributed by atoms with E-state index in [4.69, 9.17) is 5.73 Å². The van der Waals surface area contributed by atoms with E-state index in [1.807, 2.05) is 31.3 Å². The maximum Gasteiger partial charge on any atom is 0.199 e. The van der Waals surface area contributed by atoms with Gasteiger partial charge in [-0.2, -0.15) is 4.99 Å². The summed E-state index contributed by atoms with van der Waals surface area (Å²) in [4.78, 5) is 20.1. The number of guanidine groups is 1. The molecule has 4 N–H and O–H groups in total. The molecular weight excluding hydrogens is 445 g/mol. The van der Waals surface area contributed by atoms with E-state index in [0.29, 0.717) is 17.0 Å². The Labute approximate surface area is 205 Å². The Morgan fingerprint density at radius 2 is 2.00 bits per heavy atom. The second-order valence-electron chi connectivity index (χ2n) is 9.00. The minimum atomic E-state index is -0.337. The third-order valence-electron chi connectivity index (χ3n) is 6.02. The average Bonchev–Trinajstić information content (AvgIpc) is 3.19. The Morgan fingerprint density at radius 1 is 1.23 bits per heavy atom. The van der Waals surface area contributed by atoms with Crippen LogP contribution in [0.5, 0.6) is 0 Å². The van der Waals surface area contributed by atoms with Gasteiger partial charge in [0, 0.05) is 56.7 Å². The van der Waals surface area contributed by atoms with Crippen molar-refractivity contribution in [1.82, 2.24) is 35.1 Å². The quantitative estimate of drug-likeness (QED) is 0.352. The Kier molecular flexibility index (Phi) is 7.72. The van der Waals surface area contributed by atoms with Crippen molar-refractivity contribution >= 4 is 28.6 Å². The molecule has 4 heterocycles. The Morgan fingerprint density at radius 3 is 2.66 bits per heavy atom. The molecule has 1 saturated heterocycles. The summed E-state index contributed by atoms with van der Waals surface area (Å²) in [5.41, 5.74) is 9.57. The first-order chi connectivity index (χ1) is 16.9. The van der Waals surface area contributed by atoms with Crippen LogP contribution in [0, 0.1) is 6.92 Å². The van der Waals surface area contributed by atoms with Crippen molar-refractivity contribution in [3.8, 4) is 0 Å².